The highest BCUT2D eigenvalue weighted by Crippen LogP contribution is 2.27. The second-order valence-electron chi connectivity index (χ2n) is 6.00. The number of amides is 1. The summed E-state index contributed by atoms with van der Waals surface area (Å²) in [6.07, 6.45) is 0.00264. The molecule has 0 spiro atoms. The van der Waals surface area contributed by atoms with Gasteiger partial charge < -0.3 is 10.5 Å². The second-order valence-corrected chi connectivity index (χ2v) is 6.00. The summed E-state index contributed by atoms with van der Waals surface area (Å²) in [5, 5.41) is 0. The molecule has 0 fully saturated rings. The summed E-state index contributed by atoms with van der Waals surface area (Å²) in [5.41, 5.74) is 5.87. The van der Waals surface area contributed by atoms with Crippen molar-refractivity contribution in [1.82, 2.24) is 0 Å². The first-order chi connectivity index (χ1) is 9.20. The molecule has 1 amide bonds. The minimum atomic E-state index is -0.563. The van der Waals surface area contributed by atoms with E-state index in [1.165, 1.54) is 0 Å². The molecule has 0 saturated carbocycles. The molecule has 20 heavy (non-hydrogen) atoms. The molecular formula is C16H23NO3. The highest BCUT2D eigenvalue weighted by Gasteiger charge is 2.29. The molecule has 0 aromatic heterocycles. The number of carbonyl (C=O) groups is 2. The molecule has 0 aliphatic heterocycles. The van der Waals surface area contributed by atoms with Crippen molar-refractivity contribution >= 4 is 11.9 Å². The van der Waals surface area contributed by atoms with Crippen LogP contribution in [0.1, 0.15) is 45.6 Å². The summed E-state index contributed by atoms with van der Waals surface area (Å²) in [6, 6.07) is 9.56. The van der Waals surface area contributed by atoms with Gasteiger partial charge in [0, 0.05) is 0 Å². The molecule has 0 saturated heterocycles. The first kappa shape index (κ1) is 16.2. The fourth-order valence-corrected chi connectivity index (χ4v) is 2.08. The Morgan fingerprint density at radius 1 is 1.20 bits per heavy atom. The third-order valence-corrected chi connectivity index (χ3v) is 3.10. The lowest BCUT2D eigenvalue weighted by Gasteiger charge is -2.24. The molecule has 0 unspecified atom stereocenters. The lowest BCUT2D eigenvalue weighted by molar-refractivity contribution is -0.157. The van der Waals surface area contributed by atoms with Gasteiger partial charge in [-0.05, 0) is 32.3 Å². The van der Waals surface area contributed by atoms with Crippen LogP contribution in [-0.4, -0.2) is 17.5 Å². The lowest BCUT2D eigenvalue weighted by atomic mass is 9.85. The molecule has 1 rings (SSSR count). The third-order valence-electron chi connectivity index (χ3n) is 3.10. The van der Waals surface area contributed by atoms with E-state index in [2.05, 4.69) is 0 Å². The molecule has 4 nitrogen and oxygen atoms in total. The van der Waals surface area contributed by atoms with Gasteiger partial charge in [0.15, 0.2) is 0 Å². The Balaban J connectivity index is 2.80. The van der Waals surface area contributed by atoms with E-state index in [0.717, 1.165) is 5.56 Å². The number of hydrogen-bond acceptors (Lipinski definition) is 3. The highest BCUT2D eigenvalue weighted by atomic mass is 16.6. The van der Waals surface area contributed by atoms with Crippen molar-refractivity contribution < 1.29 is 14.3 Å². The SMILES string of the molecule is C[C@@H](c1ccccc1)[C@@H](CC(=O)OC(C)(C)C)C(N)=O. The minimum Gasteiger partial charge on any atom is -0.460 e. The van der Waals surface area contributed by atoms with Crippen molar-refractivity contribution in [3.05, 3.63) is 35.9 Å². The van der Waals surface area contributed by atoms with E-state index >= 15 is 0 Å². The quantitative estimate of drug-likeness (QED) is 0.841. The van der Waals surface area contributed by atoms with Crippen molar-refractivity contribution in [3.8, 4) is 0 Å². The predicted molar refractivity (Wildman–Crippen MR) is 78.0 cm³/mol. The Labute approximate surface area is 120 Å². The molecule has 110 valence electrons. The van der Waals surface area contributed by atoms with E-state index in [4.69, 9.17) is 10.5 Å². The predicted octanol–water partition coefficient (Wildman–Crippen LogP) is 2.62. The minimum absolute atomic E-state index is 0.00264. The summed E-state index contributed by atoms with van der Waals surface area (Å²) in [6.45, 7) is 7.29. The Bertz CT molecular complexity index is 462. The van der Waals surface area contributed by atoms with E-state index in [-0.39, 0.29) is 12.3 Å². The van der Waals surface area contributed by atoms with E-state index in [0.29, 0.717) is 0 Å². The number of ether oxygens (including phenoxy) is 1. The van der Waals surface area contributed by atoms with Gasteiger partial charge in [-0.2, -0.15) is 0 Å². The number of benzene rings is 1. The number of rotatable bonds is 5. The molecular weight excluding hydrogens is 254 g/mol. The monoisotopic (exact) mass is 277 g/mol. The highest BCUT2D eigenvalue weighted by molar-refractivity contribution is 5.83. The molecule has 2 N–H and O–H groups in total. The molecule has 0 heterocycles. The zero-order valence-electron chi connectivity index (χ0n) is 12.6. The summed E-state index contributed by atoms with van der Waals surface area (Å²) in [7, 11) is 0. The van der Waals surface area contributed by atoms with Crippen molar-refractivity contribution in [3.63, 3.8) is 0 Å². The number of carbonyl (C=O) groups excluding carboxylic acids is 2. The van der Waals surface area contributed by atoms with Crippen LogP contribution in [-0.2, 0) is 14.3 Å². The summed E-state index contributed by atoms with van der Waals surface area (Å²) in [5.74, 6) is -1.57. The maximum absolute atomic E-state index is 11.9. The molecule has 1 aromatic rings. The van der Waals surface area contributed by atoms with E-state index in [1.54, 1.807) is 20.8 Å². The fraction of sp³-hybridized carbons (Fsp3) is 0.500. The molecule has 2 atom stereocenters. The van der Waals surface area contributed by atoms with Crippen LogP contribution in [0.15, 0.2) is 30.3 Å². The first-order valence-corrected chi connectivity index (χ1v) is 6.77. The normalized spacial score (nSPS) is 14.4. The van der Waals surface area contributed by atoms with Crippen LogP contribution in [0.3, 0.4) is 0 Å². The molecule has 0 radical (unpaired) electrons. The zero-order chi connectivity index (χ0) is 15.3. The van der Waals surface area contributed by atoms with Gasteiger partial charge in [0.1, 0.15) is 5.60 Å². The average molecular weight is 277 g/mol. The van der Waals surface area contributed by atoms with Gasteiger partial charge in [-0.15, -0.1) is 0 Å². The van der Waals surface area contributed by atoms with Crippen LogP contribution in [0.25, 0.3) is 0 Å². The van der Waals surface area contributed by atoms with E-state index < -0.39 is 23.4 Å². The van der Waals surface area contributed by atoms with E-state index in [9.17, 15) is 9.59 Å². The van der Waals surface area contributed by atoms with Crippen molar-refractivity contribution in [2.45, 2.75) is 45.6 Å². The van der Waals surface area contributed by atoms with Gasteiger partial charge in [-0.1, -0.05) is 37.3 Å². The Morgan fingerprint density at radius 2 is 1.75 bits per heavy atom. The van der Waals surface area contributed by atoms with Crippen molar-refractivity contribution in [2.24, 2.45) is 11.7 Å². The molecule has 0 aliphatic carbocycles. The van der Waals surface area contributed by atoms with Gasteiger partial charge in [-0.25, -0.2) is 0 Å². The van der Waals surface area contributed by atoms with Crippen molar-refractivity contribution in [1.29, 1.82) is 0 Å². The lowest BCUT2D eigenvalue weighted by Crippen LogP contribution is -2.32. The second kappa shape index (κ2) is 6.55. The van der Waals surface area contributed by atoms with Crippen LogP contribution in [0.5, 0.6) is 0 Å². The van der Waals surface area contributed by atoms with Gasteiger partial charge in [0.05, 0.1) is 12.3 Å². The van der Waals surface area contributed by atoms with Crippen molar-refractivity contribution in [2.75, 3.05) is 0 Å². The standard InChI is InChI=1S/C16H23NO3/c1-11(12-8-6-5-7-9-12)13(15(17)19)10-14(18)20-16(2,3)4/h5-9,11,13H,10H2,1-4H3,(H2,17,19)/t11-,13+/m0/s1. The summed E-state index contributed by atoms with van der Waals surface area (Å²) >= 11 is 0. The number of primary amides is 1. The first-order valence-electron chi connectivity index (χ1n) is 6.77. The van der Waals surface area contributed by atoms with Crippen LogP contribution in [0.2, 0.25) is 0 Å². The summed E-state index contributed by atoms with van der Waals surface area (Å²) < 4.78 is 5.26. The smallest absolute Gasteiger partial charge is 0.307 e. The maximum Gasteiger partial charge on any atom is 0.307 e. The Hall–Kier alpha value is -1.84. The maximum atomic E-state index is 11.9. The van der Waals surface area contributed by atoms with Crippen LogP contribution in [0.4, 0.5) is 0 Å². The largest absolute Gasteiger partial charge is 0.460 e. The van der Waals surface area contributed by atoms with Crippen LogP contribution >= 0.6 is 0 Å². The zero-order valence-corrected chi connectivity index (χ0v) is 12.6. The Morgan fingerprint density at radius 3 is 2.20 bits per heavy atom. The van der Waals surface area contributed by atoms with Gasteiger partial charge in [0.2, 0.25) is 5.91 Å². The van der Waals surface area contributed by atoms with Crippen LogP contribution < -0.4 is 5.73 Å². The number of nitrogens with two attached hydrogens (primary N) is 1. The molecule has 1 aromatic carbocycles. The third kappa shape index (κ3) is 5.03. The topological polar surface area (TPSA) is 69.4 Å². The molecule has 0 bridgehead atoms. The number of esters is 1. The number of hydrogen-bond donors (Lipinski definition) is 1. The van der Waals surface area contributed by atoms with Crippen LogP contribution in [0, 0.1) is 5.92 Å². The molecule has 4 heteroatoms. The summed E-state index contributed by atoms with van der Waals surface area (Å²) in [4.78, 5) is 23.5. The molecule has 0 aliphatic rings. The average Bonchev–Trinajstić information content (AvgIpc) is 2.34. The van der Waals surface area contributed by atoms with E-state index in [1.807, 2.05) is 37.3 Å². The van der Waals surface area contributed by atoms with Gasteiger partial charge in [-0.3, -0.25) is 9.59 Å². The van der Waals surface area contributed by atoms with Gasteiger partial charge in [0.25, 0.3) is 0 Å². The fourth-order valence-electron chi connectivity index (χ4n) is 2.08. The Kier molecular flexibility index (Phi) is 5.31. The van der Waals surface area contributed by atoms with Gasteiger partial charge >= 0.3 is 5.97 Å².